The zero-order valence-electron chi connectivity index (χ0n) is 12.4. The molecule has 10 heteroatoms. The highest BCUT2D eigenvalue weighted by Gasteiger charge is 2.21. The van der Waals surface area contributed by atoms with Crippen molar-refractivity contribution in [1.82, 2.24) is 14.9 Å². The van der Waals surface area contributed by atoms with Crippen molar-refractivity contribution in [2.45, 2.75) is 11.3 Å². The Morgan fingerprint density at radius 2 is 1.70 bits per heavy atom. The molecule has 0 bridgehead atoms. The quantitative estimate of drug-likeness (QED) is 0.688. The summed E-state index contributed by atoms with van der Waals surface area (Å²) < 4.78 is 27.0. The van der Waals surface area contributed by atoms with Crippen LogP contribution in [0.1, 0.15) is 6.42 Å². The molecule has 1 saturated heterocycles. The van der Waals surface area contributed by atoms with Crippen LogP contribution in [-0.4, -0.2) is 52.6 Å². The number of benzene rings is 1. The van der Waals surface area contributed by atoms with Gasteiger partial charge in [0.25, 0.3) is 0 Å². The van der Waals surface area contributed by atoms with Crippen LogP contribution >= 0.6 is 48.0 Å². The van der Waals surface area contributed by atoms with E-state index in [1.54, 1.807) is 6.07 Å². The zero-order valence-corrected chi connectivity index (χ0v) is 16.4. The standard InChI is InChI=1S/C13H19Cl2N3O2S.2ClH/c14-11-3-1-4-12(15)13(11)21(19,20)17-5-2-8-18-9-6-16-7-10-18;;/h1,3-4,16-17H,2,5-10H2;2*1H. The first-order valence-corrected chi connectivity index (χ1v) is 9.11. The molecule has 1 heterocycles. The lowest BCUT2D eigenvalue weighted by Gasteiger charge is -2.27. The first kappa shape index (κ1) is 23.2. The molecule has 0 saturated carbocycles. The topological polar surface area (TPSA) is 61.4 Å². The van der Waals surface area contributed by atoms with Gasteiger partial charge < -0.3 is 10.2 Å². The summed E-state index contributed by atoms with van der Waals surface area (Å²) in [5, 5.41) is 3.55. The van der Waals surface area contributed by atoms with Gasteiger partial charge in [-0.3, -0.25) is 0 Å². The highest BCUT2D eigenvalue weighted by Crippen LogP contribution is 2.28. The van der Waals surface area contributed by atoms with Crippen LogP contribution < -0.4 is 10.0 Å². The average Bonchev–Trinajstić information content (AvgIpc) is 2.44. The molecule has 1 aromatic carbocycles. The molecule has 0 radical (unpaired) electrons. The van der Waals surface area contributed by atoms with Crippen LogP contribution in [0.15, 0.2) is 23.1 Å². The van der Waals surface area contributed by atoms with Gasteiger partial charge in [0.15, 0.2) is 0 Å². The molecule has 5 nitrogen and oxygen atoms in total. The maximum Gasteiger partial charge on any atom is 0.243 e. The Balaban J connectivity index is 0.00000242. The Labute approximate surface area is 160 Å². The second kappa shape index (κ2) is 10.9. The molecule has 0 unspecified atom stereocenters. The molecular formula is C13H21Cl4N3O2S. The molecule has 1 aliphatic heterocycles. The van der Waals surface area contributed by atoms with Gasteiger partial charge in [0, 0.05) is 32.7 Å². The fourth-order valence-corrected chi connectivity index (χ4v) is 4.47. The average molecular weight is 425 g/mol. The van der Waals surface area contributed by atoms with Crippen molar-refractivity contribution in [3.8, 4) is 0 Å². The number of piperazine rings is 1. The third kappa shape index (κ3) is 6.92. The van der Waals surface area contributed by atoms with E-state index in [9.17, 15) is 8.42 Å². The maximum atomic E-state index is 12.2. The fourth-order valence-electron chi connectivity index (χ4n) is 2.26. The molecule has 134 valence electrons. The van der Waals surface area contributed by atoms with E-state index in [-0.39, 0.29) is 39.8 Å². The van der Waals surface area contributed by atoms with Gasteiger partial charge in [-0.15, -0.1) is 24.8 Å². The Hall–Kier alpha value is 0.210. The third-order valence-electron chi connectivity index (χ3n) is 3.34. The van der Waals surface area contributed by atoms with E-state index < -0.39 is 10.0 Å². The Morgan fingerprint density at radius 1 is 1.13 bits per heavy atom. The van der Waals surface area contributed by atoms with Gasteiger partial charge in [0.1, 0.15) is 4.90 Å². The molecule has 0 atom stereocenters. The summed E-state index contributed by atoms with van der Waals surface area (Å²) >= 11 is 11.9. The molecule has 0 aliphatic carbocycles. The van der Waals surface area contributed by atoms with Crippen LogP contribution in [0.5, 0.6) is 0 Å². The van der Waals surface area contributed by atoms with Gasteiger partial charge in [-0.1, -0.05) is 29.3 Å². The van der Waals surface area contributed by atoms with Crippen molar-refractivity contribution in [3.05, 3.63) is 28.2 Å². The van der Waals surface area contributed by atoms with Crippen LogP contribution in [0.4, 0.5) is 0 Å². The van der Waals surface area contributed by atoms with Crippen LogP contribution in [0.2, 0.25) is 10.0 Å². The summed E-state index contributed by atoms with van der Waals surface area (Å²) in [5.74, 6) is 0. The van der Waals surface area contributed by atoms with Crippen molar-refractivity contribution in [3.63, 3.8) is 0 Å². The van der Waals surface area contributed by atoms with Crippen molar-refractivity contribution in [2.24, 2.45) is 0 Å². The number of nitrogens with one attached hydrogen (secondary N) is 2. The lowest BCUT2D eigenvalue weighted by molar-refractivity contribution is 0.239. The SMILES string of the molecule is Cl.Cl.O=S(=O)(NCCCN1CCNCC1)c1c(Cl)cccc1Cl. The van der Waals surface area contributed by atoms with E-state index in [1.165, 1.54) is 12.1 Å². The minimum Gasteiger partial charge on any atom is -0.314 e. The van der Waals surface area contributed by atoms with Gasteiger partial charge in [0.05, 0.1) is 10.0 Å². The molecule has 23 heavy (non-hydrogen) atoms. The Bertz CT molecular complexity index is 560. The van der Waals surface area contributed by atoms with Crippen LogP contribution in [0.3, 0.4) is 0 Å². The smallest absolute Gasteiger partial charge is 0.243 e. The highest BCUT2D eigenvalue weighted by molar-refractivity contribution is 7.89. The summed E-state index contributed by atoms with van der Waals surface area (Å²) in [6.07, 6.45) is 0.751. The first-order chi connectivity index (χ1) is 10.0. The molecule has 2 N–H and O–H groups in total. The molecule has 1 aliphatic rings. The highest BCUT2D eigenvalue weighted by atomic mass is 35.5. The monoisotopic (exact) mass is 423 g/mol. The van der Waals surface area contributed by atoms with Gasteiger partial charge in [-0.05, 0) is 25.1 Å². The van der Waals surface area contributed by atoms with Crippen molar-refractivity contribution < 1.29 is 8.42 Å². The van der Waals surface area contributed by atoms with Gasteiger partial charge in [0.2, 0.25) is 10.0 Å². The van der Waals surface area contributed by atoms with Crippen molar-refractivity contribution in [2.75, 3.05) is 39.3 Å². The number of halogens is 4. The van der Waals surface area contributed by atoms with Gasteiger partial charge in [-0.2, -0.15) is 0 Å². The predicted molar refractivity (Wildman–Crippen MR) is 100 cm³/mol. The minimum atomic E-state index is -3.67. The molecule has 2 rings (SSSR count). The molecule has 1 fully saturated rings. The number of hydrogen-bond donors (Lipinski definition) is 2. The summed E-state index contributed by atoms with van der Waals surface area (Å²) in [6.45, 7) is 5.22. The zero-order chi connectivity index (χ0) is 15.3. The van der Waals surface area contributed by atoms with Gasteiger partial charge in [-0.25, -0.2) is 13.1 Å². The van der Waals surface area contributed by atoms with Crippen LogP contribution in [-0.2, 0) is 10.0 Å². The largest absolute Gasteiger partial charge is 0.314 e. The first-order valence-electron chi connectivity index (χ1n) is 6.87. The van der Waals surface area contributed by atoms with Crippen LogP contribution in [0, 0.1) is 0 Å². The summed E-state index contributed by atoms with van der Waals surface area (Å²) in [4.78, 5) is 2.27. The molecule has 0 spiro atoms. The van der Waals surface area contributed by atoms with E-state index >= 15 is 0 Å². The minimum absolute atomic E-state index is 0. The van der Waals surface area contributed by atoms with Crippen LogP contribution in [0.25, 0.3) is 0 Å². The maximum absolute atomic E-state index is 12.2. The number of sulfonamides is 1. The summed E-state index contributed by atoms with van der Waals surface area (Å²) in [7, 11) is -3.67. The summed E-state index contributed by atoms with van der Waals surface area (Å²) in [6, 6.07) is 4.65. The van der Waals surface area contributed by atoms with Crippen molar-refractivity contribution in [1.29, 1.82) is 0 Å². The normalized spacial score (nSPS) is 15.6. The fraction of sp³-hybridized carbons (Fsp3) is 0.538. The lowest BCUT2D eigenvalue weighted by Crippen LogP contribution is -2.44. The molecule has 1 aromatic rings. The van der Waals surface area contributed by atoms with E-state index in [4.69, 9.17) is 23.2 Å². The second-order valence-corrected chi connectivity index (χ2v) is 7.41. The number of hydrogen-bond acceptors (Lipinski definition) is 4. The van der Waals surface area contributed by atoms with E-state index in [0.717, 1.165) is 39.1 Å². The second-order valence-electron chi connectivity index (χ2n) is 4.89. The Kier molecular flexibility index (Phi) is 11.0. The lowest BCUT2D eigenvalue weighted by atomic mass is 10.3. The Morgan fingerprint density at radius 3 is 2.26 bits per heavy atom. The van der Waals surface area contributed by atoms with E-state index in [0.29, 0.717) is 6.54 Å². The molecule has 0 aromatic heterocycles. The van der Waals surface area contributed by atoms with Gasteiger partial charge >= 0.3 is 0 Å². The third-order valence-corrected chi connectivity index (χ3v) is 5.76. The molecular weight excluding hydrogens is 404 g/mol. The number of rotatable bonds is 6. The van der Waals surface area contributed by atoms with E-state index in [2.05, 4.69) is 14.9 Å². The van der Waals surface area contributed by atoms with E-state index in [1.807, 2.05) is 0 Å². The van der Waals surface area contributed by atoms with Crippen molar-refractivity contribution >= 4 is 58.0 Å². The summed E-state index contributed by atoms with van der Waals surface area (Å²) in [5.41, 5.74) is 0. The molecule has 0 amide bonds. The number of nitrogens with zero attached hydrogens (tertiary/aromatic N) is 1. The predicted octanol–water partition coefficient (Wildman–Crippen LogP) is 2.41.